The fraction of sp³-hybridized carbons (Fsp3) is 0.0435. The van der Waals surface area contributed by atoms with Crippen molar-refractivity contribution < 1.29 is 4.92 Å². The molecular weight excluding hydrogens is 446 g/mol. The van der Waals surface area contributed by atoms with Crippen LogP contribution in [-0.2, 0) is 0 Å². The molecule has 0 fully saturated rings. The van der Waals surface area contributed by atoms with Crippen molar-refractivity contribution in [2.75, 3.05) is 0 Å². The zero-order chi connectivity index (χ0) is 21.3. The molecule has 4 rings (SSSR count). The van der Waals surface area contributed by atoms with Gasteiger partial charge in [-0.1, -0.05) is 40.2 Å². The maximum atomic E-state index is 13.4. The van der Waals surface area contributed by atoms with E-state index in [1.807, 2.05) is 37.3 Å². The summed E-state index contributed by atoms with van der Waals surface area (Å²) in [6.45, 7) is 1.94. The molecule has 0 amide bonds. The SMILES string of the molecule is Cc1ccccc1-n1c(C=Cc2ccc([N+](=O)[O-])cc2)nc2ccc(Br)cc2c1=O. The lowest BCUT2D eigenvalue weighted by Gasteiger charge is -2.13. The zero-order valence-corrected chi connectivity index (χ0v) is 17.5. The summed E-state index contributed by atoms with van der Waals surface area (Å²) in [5.74, 6) is 0.475. The van der Waals surface area contributed by atoms with Crippen molar-refractivity contribution in [3.8, 4) is 5.69 Å². The van der Waals surface area contributed by atoms with Gasteiger partial charge in [0.2, 0.25) is 0 Å². The maximum Gasteiger partial charge on any atom is 0.269 e. The molecule has 4 aromatic rings. The molecule has 0 radical (unpaired) electrons. The van der Waals surface area contributed by atoms with E-state index < -0.39 is 4.92 Å². The number of halogens is 1. The van der Waals surface area contributed by atoms with E-state index in [1.54, 1.807) is 41.0 Å². The average molecular weight is 462 g/mol. The van der Waals surface area contributed by atoms with E-state index in [9.17, 15) is 14.9 Å². The van der Waals surface area contributed by atoms with Crippen LogP contribution < -0.4 is 5.56 Å². The lowest BCUT2D eigenvalue weighted by Crippen LogP contribution is -2.23. The molecule has 0 unspecified atom stereocenters. The van der Waals surface area contributed by atoms with Crippen molar-refractivity contribution in [1.29, 1.82) is 0 Å². The van der Waals surface area contributed by atoms with Crippen molar-refractivity contribution in [3.05, 3.63) is 109 Å². The highest BCUT2D eigenvalue weighted by atomic mass is 79.9. The third-order valence-corrected chi connectivity index (χ3v) is 5.23. The first-order valence-electron chi connectivity index (χ1n) is 9.15. The maximum absolute atomic E-state index is 13.4. The third kappa shape index (κ3) is 3.79. The monoisotopic (exact) mass is 461 g/mol. The van der Waals surface area contributed by atoms with E-state index in [0.717, 1.165) is 21.3 Å². The molecule has 6 nitrogen and oxygen atoms in total. The van der Waals surface area contributed by atoms with Crippen LogP contribution in [0.5, 0.6) is 0 Å². The highest BCUT2D eigenvalue weighted by Gasteiger charge is 2.13. The summed E-state index contributed by atoms with van der Waals surface area (Å²) in [6.07, 6.45) is 3.53. The number of aromatic nitrogens is 2. The number of hydrogen-bond acceptors (Lipinski definition) is 4. The van der Waals surface area contributed by atoms with Crippen LogP contribution in [0.2, 0.25) is 0 Å². The Morgan fingerprint density at radius 2 is 1.77 bits per heavy atom. The predicted molar refractivity (Wildman–Crippen MR) is 122 cm³/mol. The van der Waals surface area contributed by atoms with Crippen molar-refractivity contribution in [2.24, 2.45) is 0 Å². The van der Waals surface area contributed by atoms with Crippen LogP contribution in [0.1, 0.15) is 17.0 Å². The van der Waals surface area contributed by atoms with Crippen LogP contribution in [-0.4, -0.2) is 14.5 Å². The average Bonchev–Trinajstić information content (AvgIpc) is 2.74. The number of hydrogen-bond donors (Lipinski definition) is 0. The van der Waals surface area contributed by atoms with E-state index in [2.05, 4.69) is 15.9 Å². The molecular formula is C23H16BrN3O3. The van der Waals surface area contributed by atoms with Crippen LogP contribution in [0.4, 0.5) is 5.69 Å². The number of para-hydroxylation sites is 1. The first-order valence-corrected chi connectivity index (χ1v) is 9.94. The van der Waals surface area contributed by atoms with Gasteiger partial charge >= 0.3 is 0 Å². The summed E-state index contributed by atoms with van der Waals surface area (Å²) in [7, 11) is 0. The minimum Gasteiger partial charge on any atom is -0.268 e. The smallest absolute Gasteiger partial charge is 0.268 e. The molecule has 0 aliphatic rings. The highest BCUT2D eigenvalue weighted by Crippen LogP contribution is 2.21. The molecule has 148 valence electrons. The molecule has 3 aromatic carbocycles. The first-order chi connectivity index (χ1) is 14.4. The minimum atomic E-state index is -0.438. The van der Waals surface area contributed by atoms with Crippen molar-refractivity contribution in [1.82, 2.24) is 9.55 Å². The van der Waals surface area contributed by atoms with Gasteiger partial charge in [-0.15, -0.1) is 0 Å². The summed E-state index contributed by atoms with van der Waals surface area (Å²) < 4.78 is 2.39. The van der Waals surface area contributed by atoms with Gasteiger partial charge in [-0.05, 0) is 60.5 Å². The van der Waals surface area contributed by atoms with Gasteiger partial charge in [0.05, 0.1) is 21.5 Å². The molecule has 0 spiro atoms. The second-order valence-electron chi connectivity index (χ2n) is 6.74. The standard InChI is InChI=1S/C23H16BrN3O3/c1-15-4-2-3-5-21(15)26-22(13-8-16-6-10-18(11-7-16)27(29)30)25-20-12-9-17(24)14-19(20)23(26)28/h2-14H,1H3. The van der Waals surface area contributed by atoms with Gasteiger partial charge < -0.3 is 0 Å². The summed E-state index contributed by atoms with van der Waals surface area (Å²) in [4.78, 5) is 28.5. The van der Waals surface area contributed by atoms with Crippen LogP contribution in [0.25, 0.3) is 28.7 Å². The van der Waals surface area contributed by atoms with Gasteiger partial charge in [0.1, 0.15) is 5.82 Å². The second kappa shape index (κ2) is 8.04. The van der Waals surface area contributed by atoms with E-state index in [1.165, 1.54) is 12.1 Å². The zero-order valence-electron chi connectivity index (χ0n) is 15.9. The van der Waals surface area contributed by atoms with Crippen LogP contribution >= 0.6 is 15.9 Å². The number of fused-ring (bicyclic) bond motifs is 1. The van der Waals surface area contributed by atoms with Crippen LogP contribution in [0.3, 0.4) is 0 Å². The molecule has 0 saturated carbocycles. The van der Waals surface area contributed by atoms with Gasteiger partial charge in [-0.2, -0.15) is 0 Å². The molecule has 30 heavy (non-hydrogen) atoms. The molecule has 7 heteroatoms. The summed E-state index contributed by atoms with van der Waals surface area (Å²) in [5, 5.41) is 11.4. The summed E-state index contributed by atoms with van der Waals surface area (Å²) in [6, 6.07) is 19.2. The molecule has 0 atom stereocenters. The van der Waals surface area contributed by atoms with E-state index in [4.69, 9.17) is 4.98 Å². The normalized spacial score (nSPS) is 11.3. The quantitative estimate of drug-likeness (QED) is 0.295. The Morgan fingerprint density at radius 3 is 2.47 bits per heavy atom. The second-order valence-corrected chi connectivity index (χ2v) is 7.66. The Kier molecular flexibility index (Phi) is 5.29. The number of non-ortho nitro benzene ring substituents is 1. The van der Waals surface area contributed by atoms with Crippen LogP contribution in [0.15, 0.2) is 76.0 Å². The van der Waals surface area contributed by atoms with Crippen molar-refractivity contribution >= 4 is 44.7 Å². The Bertz CT molecular complexity index is 1360. The number of nitrogens with zero attached hydrogens (tertiary/aromatic N) is 3. The Balaban J connectivity index is 1.90. The molecule has 0 aliphatic carbocycles. The third-order valence-electron chi connectivity index (χ3n) is 4.74. The fourth-order valence-corrected chi connectivity index (χ4v) is 3.57. The Hall–Kier alpha value is -3.58. The molecule has 0 bridgehead atoms. The van der Waals surface area contributed by atoms with Gasteiger partial charge in [0.25, 0.3) is 11.2 Å². The number of nitro groups is 1. The van der Waals surface area contributed by atoms with E-state index in [0.29, 0.717) is 16.7 Å². The Morgan fingerprint density at radius 1 is 1.03 bits per heavy atom. The lowest BCUT2D eigenvalue weighted by atomic mass is 10.1. The molecule has 1 heterocycles. The van der Waals surface area contributed by atoms with E-state index >= 15 is 0 Å². The predicted octanol–water partition coefficient (Wildman–Crippen LogP) is 5.54. The van der Waals surface area contributed by atoms with E-state index in [-0.39, 0.29) is 11.2 Å². The number of nitro benzene ring substituents is 1. The first kappa shape index (κ1) is 19.7. The largest absolute Gasteiger partial charge is 0.269 e. The number of benzene rings is 3. The fourth-order valence-electron chi connectivity index (χ4n) is 3.21. The van der Waals surface area contributed by atoms with Gasteiger partial charge in [0.15, 0.2) is 0 Å². The van der Waals surface area contributed by atoms with Gasteiger partial charge in [0, 0.05) is 16.6 Å². The summed E-state index contributed by atoms with van der Waals surface area (Å²) in [5.41, 5.74) is 2.91. The topological polar surface area (TPSA) is 78.0 Å². The number of rotatable bonds is 4. The van der Waals surface area contributed by atoms with Gasteiger partial charge in [-0.3, -0.25) is 19.5 Å². The minimum absolute atomic E-state index is 0.0263. The number of aryl methyl sites for hydroxylation is 1. The van der Waals surface area contributed by atoms with Crippen molar-refractivity contribution in [3.63, 3.8) is 0 Å². The molecule has 0 N–H and O–H groups in total. The molecule has 0 saturated heterocycles. The summed E-state index contributed by atoms with van der Waals surface area (Å²) >= 11 is 3.42. The Labute approximate surface area is 180 Å². The molecule has 1 aromatic heterocycles. The molecule has 0 aliphatic heterocycles. The highest BCUT2D eigenvalue weighted by molar-refractivity contribution is 9.10. The lowest BCUT2D eigenvalue weighted by molar-refractivity contribution is -0.384. The van der Waals surface area contributed by atoms with Crippen LogP contribution in [0, 0.1) is 17.0 Å². The van der Waals surface area contributed by atoms with Gasteiger partial charge in [-0.25, -0.2) is 4.98 Å². The van der Waals surface area contributed by atoms with Crippen molar-refractivity contribution in [2.45, 2.75) is 6.92 Å².